The van der Waals surface area contributed by atoms with Crippen molar-refractivity contribution in [3.05, 3.63) is 40.5 Å². The lowest BCUT2D eigenvalue weighted by atomic mass is 9.94. The summed E-state index contributed by atoms with van der Waals surface area (Å²) >= 11 is 7.00. The van der Waals surface area contributed by atoms with Gasteiger partial charge >= 0.3 is 5.97 Å². The van der Waals surface area contributed by atoms with E-state index in [0.29, 0.717) is 56.9 Å². The summed E-state index contributed by atoms with van der Waals surface area (Å²) in [5.74, 6) is 1.92. The number of methoxy groups -OCH3 is 2. The summed E-state index contributed by atoms with van der Waals surface area (Å²) in [6, 6.07) is 7.60. The van der Waals surface area contributed by atoms with E-state index in [4.69, 9.17) is 36.6 Å². The third-order valence-corrected chi connectivity index (χ3v) is 9.67. The first-order valence-electron chi connectivity index (χ1n) is 14.2. The number of thiocarbonyl (C=S) groups is 1. The molecular formula is C31H36N2O7S2. The summed E-state index contributed by atoms with van der Waals surface area (Å²) in [6.07, 6.45) is 7.38. The molecule has 1 aromatic heterocycles. The zero-order valence-corrected chi connectivity index (χ0v) is 25.7. The number of amides is 2. The number of benzene rings is 1. The van der Waals surface area contributed by atoms with Crippen LogP contribution in [0.15, 0.2) is 33.6 Å². The predicted octanol–water partition coefficient (Wildman–Crippen LogP) is 5.34. The monoisotopic (exact) mass is 612 g/mol. The molecule has 3 aliphatic rings. The van der Waals surface area contributed by atoms with Crippen molar-refractivity contribution in [3.63, 3.8) is 0 Å². The molecule has 5 rings (SSSR count). The van der Waals surface area contributed by atoms with Crippen LogP contribution in [0.4, 0.5) is 0 Å². The molecule has 4 atom stereocenters. The number of thioether (sulfide) groups is 1. The Morgan fingerprint density at radius 3 is 2.52 bits per heavy atom. The number of esters is 1. The SMILES string of the molecule is COc1cc(OC)cc(-c2cc(CCCOC(=O)[C@@H](C)CC(N)=O)c(/C=C3\SC(=S)N(C4CC5CCC4C5)C3=O)o2)c1. The molecule has 1 aromatic carbocycles. The van der Waals surface area contributed by atoms with E-state index in [0.717, 1.165) is 24.0 Å². The van der Waals surface area contributed by atoms with Crippen LogP contribution in [0, 0.1) is 17.8 Å². The summed E-state index contributed by atoms with van der Waals surface area (Å²) in [4.78, 5) is 39.3. The van der Waals surface area contributed by atoms with Crippen LogP contribution in [0.1, 0.15) is 56.8 Å². The van der Waals surface area contributed by atoms with Gasteiger partial charge in [-0.15, -0.1) is 0 Å². The maximum absolute atomic E-state index is 13.6. The summed E-state index contributed by atoms with van der Waals surface area (Å²) in [5, 5.41) is 0. The van der Waals surface area contributed by atoms with Gasteiger partial charge in [0.25, 0.3) is 5.91 Å². The Labute approximate surface area is 255 Å². The molecule has 42 heavy (non-hydrogen) atoms. The molecule has 2 aliphatic carbocycles. The minimum Gasteiger partial charge on any atom is -0.497 e. The first-order valence-corrected chi connectivity index (χ1v) is 15.5. The highest BCUT2D eigenvalue weighted by molar-refractivity contribution is 8.26. The maximum atomic E-state index is 13.6. The van der Waals surface area contributed by atoms with Crippen molar-refractivity contribution in [3.8, 4) is 22.8 Å². The van der Waals surface area contributed by atoms with E-state index >= 15 is 0 Å². The van der Waals surface area contributed by atoms with E-state index in [2.05, 4.69) is 0 Å². The fourth-order valence-corrected chi connectivity index (χ4v) is 7.57. The fraction of sp³-hybridized carbons (Fsp3) is 0.484. The van der Waals surface area contributed by atoms with Gasteiger partial charge in [0.05, 0.1) is 31.6 Å². The zero-order chi connectivity index (χ0) is 30.0. The molecule has 2 saturated carbocycles. The van der Waals surface area contributed by atoms with Gasteiger partial charge in [-0.3, -0.25) is 19.3 Å². The molecule has 0 spiro atoms. The average Bonchev–Trinajstić information content (AvgIpc) is 3.75. The predicted molar refractivity (Wildman–Crippen MR) is 164 cm³/mol. The van der Waals surface area contributed by atoms with Gasteiger partial charge in [0.2, 0.25) is 5.91 Å². The van der Waals surface area contributed by atoms with Crippen LogP contribution in [0.5, 0.6) is 11.5 Å². The maximum Gasteiger partial charge on any atom is 0.309 e. The molecule has 2 N–H and O–H groups in total. The smallest absolute Gasteiger partial charge is 0.309 e. The molecule has 9 nitrogen and oxygen atoms in total. The zero-order valence-electron chi connectivity index (χ0n) is 24.1. The minimum absolute atomic E-state index is 0.0571. The highest BCUT2D eigenvalue weighted by Gasteiger charge is 2.48. The number of ether oxygens (including phenoxy) is 3. The van der Waals surface area contributed by atoms with Gasteiger partial charge < -0.3 is 24.4 Å². The number of hydrogen-bond acceptors (Lipinski definition) is 9. The lowest BCUT2D eigenvalue weighted by Crippen LogP contribution is -2.41. The van der Waals surface area contributed by atoms with Gasteiger partial charge in [-0.1, -0.05) is 37.3 Å². The third kappa shape index (κ3) is 6.52. The number of furan rings is 1. The van der Waals surface area contributed by atoms with E-state index in [1.165, 1.54) is 24.6 Å². The molecular weight excluding hydrogens is 576 g/mol. The van der Waals surface area contributed by atoms with Crippen LogP contribution in [0.3, 0.4) is 0 Å². The lowest BCUT2D eigenvalue weighted by Gasteiger charge is -2.30. The fourth-order valence-electron chi connectivity index (χ4n) is 6.23. The second-order valence-electron chi connectivity index (χ2n) is 11.2. The summed E-state index contributed by atoms with van der Waals surface area (Å²) in [6.45, 7) is 1.78. The molecule has 1 aliphatic heterocycles. The molecule has 2 amide bonds. The Morgan fingerprint density at radius 2 is 1.90 bits per heavy atom. The van der Waals surface area contributed by atoms with E-state index < -0.39 is 17.8 Å². The summed E-state index contributed by atoms with van der Waals surface area (Å²) < 4.78 is 23.2. The largest absolute Gasteiger partial charge is 0.497 e. The number of rotatable bonds is 12. The normalized spacial score (nSPS) is 23.1. The van der Waals surface area contributed by atoms with Crippen molar-refractivity contribution >= 4 is 52.2 Å². The van der Waals surface area contributed by atoms with E-state index in [1.807, 2.05) is 23.1 Å². The third-order valence-electron chi connectivity index (χ3n) is 8.34. The molecule has 3 unspecified atom stereocenters. The van der Waals surface area contributed by atoms with Gasteiger partial charge in [0.15, 0.2) is 0 Å². The quantitative estimate of drug-likeness (QED) is 0.147. The first-order chi connectivity index (χ1) is 20.2. The summed E-state index contributed by atoms with van der Waals surface area (Å²) in [5.41, 5.74) is 6.81. The standard InChI is InChI=1S/C31H36N2O7S2/c1-17(9-28(32)34)30(36)39-8-4-5-20-14-25(21-12-22(37-2)15-23(13-21)38-3)40-26(20)16-27-29(35)33(31(41)42-27)24-11-18-6-7-19(24)10-18/h12-19,24H,4-11H2,1-3H3,(H2,32,34)/b27-16-/t17-,18?,19?,24?/m0/s1. The number of primary amides is 1. The topological polar surface area (TPSA) is 121 Å². The van der Waals surface area contributed by atoms with Gasteiger partial charge in [0.1, 0.15) is 27.3 Å². The van der Waals surface area contributed by atoms with Crippen molar-refractivity contribution in [2.45, 2.75) is 57.9 Å². The van der Waals surface area contributed by atoms with Gasteiger partial charge in [0, 0.05) is 30.2 Å². The van der Waals surface area contributed by atoms with E-state index in [1.54, 1.807) is 33.3 Å². The van der Waals surface area contributed by atoms with Gasteiger partial charge in [-0.25, -0.2) is 0 Å². The minimum atomic E-state index is -0.598. The van der Waals surface area contributed by atoms with Crippen LogP contribution < -0.4 is 15.2 Å². The van der Waals surface area contributed by atoms with Crippen molar-refractivity contribution in [2.24, 2.45) is 23.5 Å². The molecule has 2 bridgehead atoms. The summed E-state index contributed by atoms with van der Waals surface area (Å²) in [7, 11) is 3.17. The van der Waals surface area contributed by atoms with E-state index in [-0.39, 0.29) is 25.0 Å². The molecule has 0 radical (unpaired) electrons. The van der Waals surface area contributed by atoms with Crippen molar-refractivity contribution in [1.29, 1.82) is 0 Å². The Kier molecular flexibility index (Phi) is 9.27. The number of carbonyl (C=O) groups excluding carboxylic acids is 3. The van der Waals surface area contributed by atoms with Crippen LogP contribution in [-0.2, 0) is 25.5 Å². The van der Waals surface area contributed by atoms with Crippen LogP contribution in [0.2, 0.25) is 0 Å². The molecule has 2 heterocycles. The number of hydrogen-bond donors (Lipinski definition) is 1. The van der Waals surface area contributed by atoms with E-state index in [9.17, 15) is 14.4 Å². The molecule has 11 heteroatoms. The van der Waals surface area contributed by atoms with Crippen LogP contribution in [0.25, 0.3) is 17.4 Å². The highest BCUT2D eigenvalue weighted by atomic mass is 32.2. The Balaban J connectivity index is 1.38. The number of nitrogens with two attached hydrogens (primary N) is 1. The second-order valence-corrected chi connectivity index (χ2v) is 12.9. The Morgan fingerprint density at radius 1 is 1.17 bits per heavy atom. The van der Waals surface area contributed by atoms with Crippen molar-refractivity contribution < 1.29 is 33.0 Å². The Bertz CT molecular complexity index is 1400. The highest BCUT2D eigenvalue weighted by Crippen LogP contribution is 2.49. The first kappa shape index (κ1) is 30.2. The second kappa shape index (κ2) is 12.9. The lowest BCUT2D eigenvalue weighted by molar-refractivity contribution is -0.149. The number of nitrogens with zero attached hydrogens (tertiary/aromatic N) is 1. The van der Waals surface area contributed by atoms with Crippen molar-refractivity contribution in [2.75, 3.05) is 20.8 Å². The Hall–Kier alpha value is -3.31. The van der Waals surface area contributed by atoms with Gasteiger partial charge in [-0.2, -0.15) is 0 Å². The van der Waals surface area contributed by atoms with Crippen molar-refractivity contribution in [1.82, 2.24) is 4.90 Å². The molecule has 3 fully saturated rings. The number of aryl methyl sites for hydroxylation is 1. The van der Waals surface area contributed by atoms with Crippen LogP contribution >= 0.6 is 24.0 Å². The molecule has 224 valence electrons. The number of fused-ring (bicyclic) bond motifs is 2. The van der Waals surface area contributed by atoms with Crippen LogP contribution in [-0.4, -0.2) is 53.9 Å². The number of carbonyl (C=O) groups is 3. The molecule has 1 saturated heterocycles. The average molecular weight is 613 g/mol. The van der Waals surface area contributed by atoms with Gasteiger partial charge in [-0.05, 0) is 67.7 Å². The molecule has 2 aromatic rings.